The lowest BCUT2D eigenvalue weighted by atomic mass is 10.2. The first kappa shape index (κ1) is 25.0. The van der Waals surface area contributed by atoms with E-state index < -0.39 is 33.2 Å². The number of nitrogens with zero attached hydrogens (tertiary/aromatic N) is 3. The molecule has 0 unspecified atom stereocenters. The Kier molecular flexibility index (Phi) is 8.05. The number of sulfonamides is 1. The van der Waals surface area contributed by atoms with Crippen molar-refractivity contribution in [2.75, 3.05) is 6.54 Å². The topological polar surface area (TPSA) is 122 Å². The second-order valence-electron chi connectivity index (χ2n) is 7.00. The molecule has 176 valence electrons. The highest BCUT2D eigenvalue weighted by Crippen LogP contribution is 2.20. The molecule has 0 fully saturated rings. The van der Waals surface area contributed by atoms with Gasteiger partial charge in [-0.05, 0) is 42.0 Å². The summed E-state index contributed by atoms with van der Waals surface area (Å²) < 4.78 is 40.5. The van der Waals surface area contributed by atoms with E-state index in [1.165, 1.54) is 72.9 Å². The Morgan fingerprint density at radius 2 is 1.79 bits per heavy atom. The quantitative estimate of drug-likeness (QED) is 0.270. The summed E-state index contributed by atoms with van der Waals surface area (Å²) in [7, 11) is -4.12. The zero-order chi connectivity index (χ0) is 24.7. The van der Waals surface area contributed by atoms with Gasteiger partial charge in [0.05, 0.1) is 22.6 Å². The van der Waals surface area contributed by atoms with Crippen LogP contribution in [0.25, 0.3) is 0 Å². The Balaban J connectivity index is 1.78. The minimum Gasteiger partial charge on any atom is -0.272 e. The van der Waals surface area contributed by atoms with Crippen molar-refractivity contribution in [3.63, 3.8) is 0 Å². The monoisotopic (exact) mass is 504 g/mol. The lowest BCUT2D eigenvalue weighted by molar-refractivity contribution is -0.384. The van der Waals surface area contributed by atoms with Gasteiger partial charge in [-0.25, -0.2) is 18.2 Å². The van der Waals surface area contributed by atoms with Crippen molar-refractivity contribution in [1.82, 2.24) is 9.73 Å². The molecular formula is C22H18ClFN4O5S. The summed E-state index contributed by atoms with van der Waals surface area (Å²) in [6.45, 7) is -0.790. The third-order valence-electron chi connectivity index (χ3n) is 4.53. The number of benzene rings is 3. The summed E-state index contributed by atoms with van der Waals surface area (Å²) in [4.78, 5) is 22.7. The van der Waals surface area contributed by atoms with Crippen molar-refractivity contribution in [2.45, 2.75) is 11.4 Å². The van der Waals surface area contributed by atoms with E-state index in [0.717, 1.165) is 4.31 Å². The van der Waals surface area contributed by atoms with E-state index in [1.807, 2.05) is 0 Å². The fourth-order valence-corrected chi connectivity index (χ4v) is 4.38. The molecule has 0 bridgehead atoms. The fraction of sp³-hybridized carbons (Fsp3) is 0.0909. The van der Waals surface area contributed by atoms with Crippen LogP contribution in [0.3, 0.4) is 0 Å². The molecule has 0 aliphatic carbocycles. The zero-order valence-electron chi connectivity index (χ0n) is 17.5. The smallest absolute Gasteiger partial charge is 0.270 e. The van der Waals surface area contributed by atoms with Gasteiger partial charge < -0.3 is 0 Å². The van der Waals surface area contributed by atoms with Crippen LogP contribution in [0.1, 0.15) is 11.1 Å². The van der Waals surface area contributed by atoms with E-state index in [-0.39, 0.29) is 17.1 Å². The highest BCUT2D eigenvalue weighted by Gasteiger charge is 2.27. The third-order valence-corrected chi connectivity index (χ3v) is 6.59. The van der Waals surface area contributed by atoms with Gasteiger partial charge in [-0.15, -0.1) is 0 Å². The highest BCUT2D eigenvalue weighted by molar-refractivity contribution is 7.89. The lowest BCUT2D eigenvalue weighted by Gasteiger charge is -2.21. The number of non-ortho nitro benzene ring substituents is 1. The molecule has 3 aromatic carbocycles. The largest absolute Gasteiger partial charge is 0.272 e. The summed E-state index contributed by atoms with van der Waals surface area (Å²) in [5.74, 6) is -1.23. The number of nitro groups is 1. The summed E-state index contributed by atoms with van der Waals surface area (Å²) in [6, 6.07) is 16.2. The van der Waals surface area contributed by atoms with Crippen molar-refractivity contribution in [1.29, 1.82) is 0 Å². The number of hydrogen-bond donors (Lipinski definition) is 1. The molecule has 0 aliphatic heterocycles. The van der Waals surface area contributed by atoms with E-state index in [0.29, 0.717) is 16.1 Å². The van der Waals surface area contributed by atoms with E-state index in [4.69, 9.17) is 11.6 Å². The second-order valence-corrected chi connectivity index (χ2v) is 9.37. The fourth-order valence-electron chi connectivity index (χ4n) is 2.87. The normalized spacial score (nSPS) is 11.6. The first-order valence-electron chi connectivity index (χ1n) is 9.72. The number of amides is 1. The Morgan fingerprint density at radius 1 is 1.12 bits per heavy atom. The zero-order valence-corrected chi connectivity index (χ0v) is 19.0. The first-order chi connectivity index (χ1) is 16.1. The number of carbonyl (C=O) groups is 1. The van der Waals surface area contributed by atoms with Gasteiger partial charge in [0.15, 0.2) is 0 Å². The lowest BCUT2D eigenvalue weighted by Crippen LogP contribution is -2.39. The van der Waals surface area contributed by atoms with Gasteiger partial charge in [0.1, 0.15) is 5.82 Å². The summed E-state index contributed by atoms with van der Waals surface area (Å²) in [6.07, 6.45) is 1.20. The van der Waals surface area contributed by atoms with Gasteiger partial charge in [-0.2, -0.15) is 9.41 Å². The van der Waals surface area contributed by atoms with Gasteiger partial charge in [0.25, 0.3) is 11.6 Å². The minimum atomic E-state index is -4.12. The predicted octanol–water partition coefficient (Wildman–Crippen LogP) is 3.73. The molecule has 0 aromatic heterocycles. The maximum Gasteiger partial charge on any atom is 0.270 e. The predicted molar refractivity (Wildman–Crippen MR) is 124 cm³/mol. The Labute approximate surface area is 199 Å². The molecule has 0 heterocycles. The number of nitro benzene ring substituents is 1. The minimum absolute atomic E-state index is 0.0769. The van der Waals surface area contributed by atoms with Gasteiger partial charge in [0, 0.05) is 29.3 Å². The maximum atomic E-state index is 13.3. The van der Waals surface area contributed by atoms with Crippen molar-refractivity contribution in [3.8, 4) is 0 Å². The Bertz CT molecular complexity index is 1320. The number of rotatable bonds is 9. The van der Waals surface area contributed by atoms with Crippen molar-refractivity contribution >= 4 is 39.4 Å². The average Bonchev–Trinajstić information content (AvgIpc) is 2.80. The molecule has 1 N–H and O–H groups in total. The van der Waals surface area contributed by atoms with Gasteiger partial charge in [0.2, 0.25) is 10.0 Å². The van der Waals surface area contributed by atoms with Gasteiger partial charge in [-0.3, -0.25) is 14.9 Å². The second kappa shape index (κ2) is 11.0. The summed E-state index contributed by atoms with van der Waals surface area (Å²) in [5.41, 5.74) is 2.90. The molecule has 0 radical (unpaired) electrons. The molecule has 3 aromatic rings. The molecule has 3 rings (SSSR count). The number of halogens is 2. The molecule has 12 heteroatoms. The van der Waals surface area contributed by atoms with Crippen molar-refractivity contribution < 1.29 is 22.5 Å². The van der Waals surface area contributed by atoms with Crippen LogP contribution in [0.4, 0.5) is 10.1 Å². The van der Waals surface area contributed by atoms with Crippen molar-refractivity contribution in [3.05, 3.63) is 105 Å². The molecule has 1 amide bonds. The number of nitrogens with one attached hydrogen (secondary N) is 1. The molecule has 9 nitrogen and oxygen atoms in total. The number of hydrazone groups is 1. The standard InChI is InChI=1S/C22H18ClFN4O5S/c23-18-6-10-21(11-7-18)34(32,33)27(14-16-4-8-19(24)9-5-16)15-22(29)26-25-13-17-2-1-3-20(12-17)28(30)31/h1-13H,14-15H2,(H,26,29)/b25-13-. The number of carbonyl (C=O) groups excluding carboxylic acids is 1. The molecule has 0 atom stereocenters. The number of hydrogen-bond acceptors (Lipinski definition) is 6. The molecule has 0 aliphatic rings. The molecule has 0 saturated heterocycles. The van der Waals surface area contributed by atoms with Crippen LogP contribution in [0, 0.1) is 15.9 Å². The molecule has 34 heavy (non-hydrogen) atoms. The Hall–Kier alpha value is -3.67. The SMILES string of the molecule is O=C(CN(Cc1ccc(F)cc1)S(=O)(=O)c1ccc(Cl)cc1)N/N=C\c1cccc([N+](=O)[O-])c1. The van der Waals surface area contributed by atoms with Gasteiger partial charge in [-0.1, -0.05) is 35.9 Å². The van der Waals surface area contributed by atoms with Crippen LogP contribution in [-0.2, 0) is 21.4 Å². The molecule has 0 spiro atoms. The first-order valence-corrected chi connectivity index (χ1v) is 11.5. The van der Waals surface area contributed by atoms with Crippen LogP contribution in [0.15, 0.2) is 82.8 Å². The van der Waals surface area contributed by atoms with Gasteiger partial charge >= 0.3 is 0 Å². The van der Waals surface area contributed by atoms with Crippen LogP contribution in [0.5, 0.6) is 0 Å². The van der Waals surface area contributed by atoms with E-state index in [1.54, 1.807) is 6.07 Å². The summed E-state index contributed by atoms with van der Waals surface area (Å²) in [5, 5.41) is 14.9. The maximum absolute atomic E-state index is 13.3. The van der Waals surface area contributed by atoms with E-state index in [2.05, 4.69) is 10.5 Å². The highest BCUT2D eigenvalue weighted by atomic mass is 35.5. The van der Waals surface area contributed by atoms with Crippen LogP contribution < -0.4 is 5.43 Å². The van der Waals surface area contributed by atoms with Crippen LogP contribution >= 0.6 is 11.6 Å². The average molecular weight is 505 g/mol. The van der Waals surface area contributed by atoms with Crippen molar-refractivity contribution in [2.24, 2.45) is 5.10 Å². The van der Waals surface area contributed by atoms with Crippen LogP contribution in [-0.4, -0.2) is 36.3 Å². The molecular weight excluding hydrogens is 487 g/mol. The van der Waals surface area contributed by atoms with E-state index in [9.17, 15) is 27.7 Å². The molecule has 0 saturated carbocycles. The third kappa shape index (κ3) is 6.67. The Morgan fingerprint density at radius 3 is 2.44 bits per heavy atom. The van der Waals surface area contributed by atoms with Crippen LogP contribution in [0.2, 0.25) is 5.02 Å². The van der Waals surface area contributed by atoms with E-state index >= 15 is 0 Å². The summed E-state index contributed by atoms with van der Waals surface area (Å²) >= 11 is 5.84.